The molecule has 8 nitrogen and oxygen atoms in total. The number of carbonyl (C=O) groups excluding carboxylic acids is 2. The number of methoxy groups -OCH3 is 1. The number of carbonyl (C=O) groups is 2. The summed E-state index contributed by atoms with van der Waals surface area (Å²) < 4.78 is 47.6. The van der Waals surface area contributed by atoms with Gasteiger partial charge >= 0.3 is 12.4 Å². The molecule has 1 heterocycles. The van der Waals surface area contributed by atoms with Crippen LogP contribution in [0.15, 0.2) is 47.6 Å². The maximum Gasteiger partial charge on any atom is 0.573 e. The number of halogens is 3. The number of nitrogens with two attached hydrogens (primary N) is 1. The monoisotopic (exact) mass is 464 g/mol. The van der Waals surface area contributed by atoms with Crippen molar-refractivity contribution >= 4 is 23.3 Å². The molecule has 11 heteroatoms. The minimum absolute atomic E-state index is 0.0712. The quantitative estimate of drug-likeness (QED) is 0.639. The number of rotatable bonds is 7. The molecule has 3 amide bonds. The number of anilines is 1. The van der Waals surface area contributed by atoms with Gasteiger partial charge in [-0.3, -0.25) is 4.79 Å². The van der Waals surface area contributed by atoms with E-state index in [9.17, 15) is 22.8 Å². The molecule has 0 saturated carbocycles. The van der Waals surface area contributed by atoms with Gasteiger partial charge in [-0.1, -0.05) is 19.1 Å². The molecule has 0 aromatic heterocycles. The van der Waals surface area contributed by atoms with Crippen LogP contribution in [-0.4, -0.2) is 36.1 Å². The van der Waals surface area contributed by atoms with E-state index in [4.69, 9.17) is 10.5 Å². The van der Waals surface area contributed by atoms with Crippen LogP contribution < -0.4 is 20.5 Å². The van der Waals surface area contributed by atoms with Crippen molar-refractivity contribution in [2.75, 3.05) is 12.4 Å². The minimum Gasteiger partial charge on any atom is -0.493 e. The van der Waals surface area contributed by atoms with Gasteiger partial charge in [0.15, 0.2) is 11.5 Å². The van der Waals surface area contributed by atoms with Crippen LogP contribution in [0.2, 0.25) is 0 Å². The van der Waals surface area contributed by atoms with E-state index < -0.39 is 18.1 Å². The summed E-state index contributed by atoms with van der Waals surface area (Å²) in [5.41, 5.74) is 7.22. The molecule has 0 bridgehead atoms. The summed E-state index contributed by atoms with van der Waals surface area (Å²) in [6, 6.07) is 10.2. The van der Waals surface area contributed by atoms with Gasteiger partial charge < -0.3 is 20.5 Å². The Kier molecular flexibility index (Phi) is 7.10. The van der Waals surface area contributed by atoms with Crippen LogP contribution in [0.5, 0.6) is 11.5 Å². The lowest BCUT2D eigenvalue weighted by Gasteiger charge is -2.29. The zero-order valence-electron chi connectivity index (χ0n) is 18.0. The first-order chi connectivity index (χ1) is 15.6. The Morgan fingerprint density at radius 2 is 1.91 bits per heavy atom. The van der Waals surface area contributed by atoms with Gasteiger partial charge in [0.25, 0.3) is 0 Å². The highest BCUT2D eigenvalue weighted by Crippen LogP contribution is 2.35. The first-order valence-corrected chi connectivity index (χ1v) is 10.1. The summed E-state index contributed by atoms with van der Waals surface area (Å²) in [7, 11) is 1.25. The minimum atomic E-state index is -4.89. The predicted molar refractivity (Wildman–Crippen MR) is 115 cm³/mol. The van der Waals surface area contributed by atoms with Crippen molar-refractivity contribution in [2.24, 2.45) is 16.8 Å². The maximum absolute atomic E-state index is 12.8. The topological polar surface area (TPSA) is 106 Å². The normalized spacial score (nSPS) is 16.3. The highest BCUT2D eigenvalue weighted by Gasteiger charge is 2.34. The molecule has 0 radical (unpaired) electrons. The molecular formula is C22H23F3N4O4. The Morgan fingerprint density at radius 1 is 1.21 bits per heavy atom. The number of nitrogens with zero attached hydrogens (tertiary/aromatic N) is 2. The van der Waals surface area contributed by atoms with E-state index in [0.717, 1.165) is 5.56 Å². The number of nitrogens with one attached hydrogen (secondary N) is 1. The SMILES string of the molecule is CCC1CC(=O)N(Cc2ccc(NC(N)=O)cc2)N=C1c1ccc(OC)c(OC(F)(F)F)c1. The van der Waals surface area contributed by atoms with Gasteiger partial charge in [0.2, 0.25) is 5.91 Å². The van der Waals surface area contributed by atoms with Gasteiger partial charge in [0, 0.05) is 23.6 Å². The Hall–Kier alpha value is -3.76. The second-order valence-corrected chi connectivity index (χ2v) is 7.35. The molecule has 0 saturated heterocycles. The highest BCUT2D eigenvalue weighted by molar-refractivity contribution is 6.06. The molecule has 1 aliphatic heterocycles. The van der Waals surface area contributed by atoms with Crippen LogP contribution in [-0.2, 0) is 11.3 Å². The number of hydrogen-bond acceptors (Lipinski definition) is 5. The molecule has 2 aromatic carbocycles. The van der Waals surface area contributed by atoms with Crippen LogP contribution in [0.3, 0.4) is 0 Å². The molecule has 2 aromatic rings. The van der Waals surface area contributed by atoms with E-state index in [-0.39, 0.29) is 30.5 Å². The lowest BCUT2D eigenvalue weighted by molar-refractivity contribution is -0.275. The molecule has 3 rings (SSSR count). The Morgan fingerprint density at radius 3 is 2.48 bits per heavy atom. The summed E-state index contributed by atoms with van der Waals surface area (Å²) >= 11 is 0. The van der Waals surface area contributed by atoms with Crippen LogP contribution in [0, 0.1) is 5.92 Å². The maximum atomic E-state index is 12.8. The second kappa shape index (κ2) is 9.80. The zero-order valence-corrected chi connectivity index (χ0v) is 18.0. The number of amides is 3. The van der Waals surface area contributed by atoms with E-state index in [2.05, 4.69) is 15.2 Å². The van der Waals surface area contributed by atoms with Crippen LogP contribution in [0.1, 0.15) is 30.9 Å². The van der Waals surface area contributed by atoms with Crippen LogP contribution >= 0.6 is 0 Å². The first-order valence-electron chi connectivity index (χ1n) is 10.1. The highest BCUT2D eigenvalue weighted by atomic mass is 19.4. The number of alkyl halides is 3. The van der Waals surface area contributed by atoms with Crippen molar-refractivity contribution in [3.63, 3.8) is 0 Å². The average Bonchev–Trinajstić information content (AvgIpc) is 2.74. The van der Waals surface area contributed by atoms with E-state index in [1.54, 1.807) is 30.3 Å². The number of ether oxygens (including phenoxy) is 2. The zero-order chi connectivity index (χ0) is 24.2. The fraction of sp³-hybridized carbons (Fsp3) is 0.318. The number of hydrazone groups is 1. The summed E-state index contributed by atoms with van der Waals surface area (Å²) in [6.45, 7) is 2.03. The van der Waals surface area contributed by atoms with E-state index in [1.807, 2.05) is 6.92 Å². The van der Waals surface area contributed by atoms with Gasteiger partial charge in [0.05, 0.1) is 19.4 Å². The third kappa shape index (κ3) is 6.15. The van der Waals surface area contributed by atoms with Gasteiger partial charge in [-0.15, -0.1) is 13.2 Å². The number of primary amides is 1. The molecule has 0 fully saturated rings. The smallest absolute Gasteiger partial charge is 0.493 e. The lowest BCUT2D eigenvalue weighted by atomic mass is 9.89. The first kappa shape index (κ1) is 23.9. The fourth-order valence-corrected chi connectivity index (χ4v) is 3.48. The molecule has 0 aliphatic carbocycles. The predicted octanol–water partition coefficient (Wildman–Crippen LogP) is 4.25. The van der Waals surface area contributed by atoms with Crippen molar-refractivity contribution < 1.29 is 32.2 Å². The van der Waals surface area contributed by atoms with Crippen molar-refractivity contribution in [3.8, 4) is 11.5 Å². The lowest BCUT2D eigenvalue weighted by Crippen LogP contribution is -2.36. The van der Waals surface area contributed by atoms with E-state index in [1.165, 1.54) is 24.3 Å². The summed E-state index contributed by atoms with van der Waals surface area (Å²) in [5.74, 6) is -1.02. The van der Waals surface area contributed by atoms with Crippen LogP contribution in [0.25, 0.3) is 0 Å². The van der Waals surface area contributed by atoms with Crippen molar-refractivity contribution in [2.45, 2.75) is 32.7 Å². The standard InChI is InChI=1S/C22H23F3N4O4/c1-3-14-11-19(30)29(12-13-4-7-16(8-5-13)27-21(26)31)28-20(14)15-6-9-17(32-2)18(10-15)33-22(23,24)25/h4-10,14H,3,11-12H2,1-2H3,(H3,26,27,31). The molecular weight excluding hydrogens is 441 g/mol. The van der Waals surface area contributed by atoms with Crippen molar-refractivity contribution in [1.82, 2.24) is 5.01 Å². The molecule has 33 heavy (non-hydrogen) atoms. The number of urea groups is 1. The van der Waals surface area contributed by atoms with Crippen molar-refractivity contribution in [3.05, 3.63) is 53.6 Å². The van der Waals surface area contributed by atoms with Gasteiger partial charge in [0.1, 0.15) is 0 Å². The Labute approximate surface area is 188 Å². The summed E-state index contributed by atoms with van der Waals surface area (Å²) in [6.07, 6.45) is -4.15. The summed E-state index contributed by atoms with van der Waals surface area (Å²) in [4.78, 5) is 23.6. The molecule has 0 spiro atoms. The van der Waals surface area contributed by atoms with Crippen LogP contribution in [0.4, 0.5) is 23.7 Å². The van der Waals surface area contributed by atoms with Gasteiger partial charge in [-0.2, -0.15) is 5.10 Å². The molecule has 3 N–H and O–H groups in total. The third-order valence-corrected chi connectivity index (χ3v) is 5.06. The Bertz CT molecular complexity index is 1050. The molecule has 1 unspecified atom stereocenters. The molecule has 176 valence electrons. The second-order valence-electron chi connectivity index (χ2n) is 7.35. The van der Waals surface area contributed by atoms with Gasteiger partial charge in [-0.25, -0.2) is 9.80 Å². The van der Waals surface area contributed by atoms with E-state index in [0.29, 0.717) is 23.4 Å². The number of hydrogen-bond donors (Lipinski definition) is 2. The number of benzene rings is 2. The van der Waals surface area contributed by atoms with Crippen molar-refractivity contribution in [1.29, 1.82) is 0 Å². The van der Waals surface area contributed by atoms with Gasteiger partial charge in [-0.05, 0) is 42.3 Å². The summed E-state index contributed by atoms with van der Waals surface area (Å²) in [5, 5.41) is 8.21. The van der Waals surface area contributed by atoms with E-state index >= 15 is 0 Å². The Balaban J connectivity index is 1.91. The largest absolute Gasteiger partial charge is 0.573 e. The average molecular weight is 464 g/mol. The third-order valence-electron chi connectivity index (χ3n) is 5.06. The molecule has 1 aliphatic rings. The fourth-order valence-electron chi connectivity index (χ4n) is 3.48. The molecule has 1 atom stereocenters.